The number of nitrogens with zero attached hydrogens (tertiary/aromatic N) is 1. The number of rotatable bonds is 9. The minimum Gasteiger partial charge on any atom is -0.508 e. The molecule has 2 unspecified atom stereocenters. The van der Waals surface area contributed by atoms with Crippen LogP contribution in [0.4, 0.5) is 0 Å². The lowest BCUT2D eigenvalue weighted by Gasteiger charge is -2.46. The van der Waals surface area contributed by atoms with E-state index in [1.165, 1.54) is 5.56 Å². The Balaban J connectivity index is 2.99. The standard InChI is InChI=1S/C18H32N2O/c1-6-18(5,20(8-3)9-4)17(19-7-2)14-15-10-12-16(21)13-11-15/h10-13,17,19,21H,6-9,14H2,1-5H3. The summed E-state index contributed by atoms with van der Waals surface area (Å²) in [6, 6.07) is 8.01. The number of likely N-dealkylation sites (N-methyl/N-ethyl adjacent to an activating group) is 2. The van der Waals surface area contributed by atoms with Gasteiger partial charge >= 0.3 is 0 Å². The van der Waals surface area contributed by atoms with E-state index in [2.05, 4.69) is 44.8 Å². The molecule has 3 nitrogen and oxygen atoms in total. The monoisotopic (exact) mass is 292 g/mol. The minimum absolute atomic E-state index is 0.136. The van der Waals surface area contributed by atoms with Crippen LogP contribution in [0.15, 0.2) is 24.3 Å². The van der Waals surface area contributed by atoms with E-state index in [1.807, 2.05) is 12.1 Å². The Kier molecular flexibility index (Phi) is 7.20. The van der Waals surface area contributed by atoms with Crippen molar-refractivity contribution in [2.24, 2.45) is 0 Å². The first-order valence-electron chi connectivity index (χ1n) is 8.28. The number of phenolic OH excluding ortho intramolecular Hbond substituents is 1. The van der Waals surface area contributed by atoms with Crippen LogP contribution in [0.2, 0.25) is 0 Å². The van der Waals surface area contributed by atoms with Gasteiger partial charge in [0.25, 0.3) is 0 Å². The number of benzene rings is 1. The van der Waals surface area contributed by atoms with Crippen molar-refractivity contribution in [3.8, 4) is 5.75 Å². The third-order valence-corrected chi connectivity index (χ3v) is 4.78. The molecular weight excluding hydrogens is 260 g/mol. The Hall–Kier alpha value is -1.06. The minimum atomic E-state index is 0.136. The molecule has 21 heavy (non-hydrogen) atoms. The summed E-state index contributed by atoms with van der Waals surface area (Å²) in [7, 11) is 0. The lowest BCUT2D eigenvalue weighted by Crippen LogP contribution is -2.60. The molecule has 0 heterocycles. The van der Waals surface area contributed by atoms with Gasteiger partial charge in [0.1, 0.15) is 5.75 Å². The topological polar surface area (TPSA) is 35.5 Å². The van der Waals surface area contributed by atoms with Crippen molar-refractivity contribution in [1.29, 1.82) is 0 Å². The van der Waals surface area contributed by atoms with E-state index >= 15 is 0 Å². The first-order chi connectivity index (χ1) is 10.0. The number of phenols is 1. The molecule has 0 radical (unpaired) electrons. The third-order valence-electron chi connectivity index (χ3n) is 4.78. The zero-order valence-corrected chi connectivity index (χ0v) is 14.3. The molecular formula is C18H32N2O. The van der Waals surface area contributed by atoms with E-state index in [-0.39, 0.29) is 5.54 Å². The van der Waals surface area contributed by atoms with Crippen LogP contribution in [0.3, 0.4) is 0 Å². The van der Waals surface area contributed by atoms with Crippen LogP contribution in [0.1, 0.15) is 46.6 Å². The highest BCUT2D eigenvalue weighted by Crippen LogP contribution is 2.26. The van der Waals surface area contributed by atoms with Gasteiger partial charge in [-0.25, -0.2) is 0 Å². The van der Waals surface area contributed by atoms with Crippen LogP contribution in [0, 0.1) is 0 Å². The number of aromatic hydroxyl groups is 1. The average Bonchev–Trinajstić information content (AvgIpc) is 2.49. The molecule has 0 saturated carbocycles. The van der Waals surface area contributed by atoms with Gasteiger partial charge in [-0.15, -0.1) is 0 Å². The molecule has 0 spiro atoms. The molecule has 120 valence electrons. The summed E-state index contributed by atoms with van der Waals surface area (Å²) in [4.78, 5) is 2.56. The second kappa shape index (κ2) is 8.40. The largest absolute Gasteiger partial charge is 0.508 e. The highest BCUT2D eigenvalue weighted by atomic mass is 16.3. The molecule has 0 fully saturated rings. The fraction of sp³-hybridized carbons (Fsp3) is 0.667. The predicted octanol–water partition coefficient (Wildman–Crippen LogP) is 3.42. The van der Waals surface area contributed by atoms with Gasteiger partial charge < -0.3 is 10.4 Å². The van der Waals surface area contributed by atoms with E-state index in [4.69, 9.17) is 0 Å². The Morgan fingerprint density at radius 2 is 1.67 bits per heavy atom. The van der Waals surface area contributed by atoms with Gasteiger partial charge in [-0.3, -0.25) is 4.90 Å². The molecule has 0 aliphatic carbocycles. The van der Waals surface area contributed by atoms with E-state index in [1.54, 1.807) is 12.1 Å². The van der Waals surface area contributed by atoms with Crippen molar-refractivity contribution in [2.75, 3.05) is 19.6 Å². The van der Waals surface area contributed by atoms with Gasteiger partial charge in [-0.1, -0.05) is 39.8 Å². The van der Waals surface area contributed by atoms with Gasteiger partial charge in [0.05, 0.1) is 0 Å². The highest BCUT2D eigenvalue weighted by molar-refractivity contribution is 5.27. The van der Waals surface area contributed by atoms with Crippen LogP contribution >= 0.6 is 0 Å². The first kappa shape index (κ1) is 18.0. The Labute approximate surface area is 130 Å². The first-order valence-corrected chi connectivity index (χ1v) is 8.28. The smallest absolute Gasteiger partial charge is 0.115 e. The normalized spacial score (nSPS) is 15.9. The van der Waals surface area contributed by atoms with Crippen molar-refractivity contribution in [1.82, 2.24) is 10.2 Å². The second-order valence-corrected chi connectivity index (χ2v) is 5.86. The van der Waals surface area contributed by atoms with E-state index in [0.29, 0.717) is 11.8 Å². The van der Waals surface area contributed by atoms with Crippen molar-refractivity contribution in [3.05, 3.63) is 29.8 Å². The maximum Gasteiger partial charge on any atom is 0.115 e. The zero-order valence-electron chi connectivity index (χ0n) is 14.3. The van der Waals surface area contributed by atoms with E-state index in [9.17, 15) is 5.11 Å². The lowest BCUT2D eigenvalue weighted by atomic mass is 9.83. The molecule has 0 saturated heterocycles. The number of hydrogen-bond donors (Lipinski definition) is 2. The molecule has 1 aromatic rings. The van der Waals surface area contributed by atoms with Crippen LogP contribution in [-0.2, 0) is 6.42 Å². The fourth-order valence-corrected chi connectivity index (χ4v) is 3.26. The molecule has 1 rings (SSSR count). The van der Waals surface area contributed by atoms with Gasteiger partial charge in [-0.05, 0) is 57.1 Å². The Morgan fingerprint density at radius 3 is 2.10 bits per heavy atom. The number of nitrogens with one attached hydrogen (secondary N) is 1. The molecule has 0 aliphatic rings. The van der Waals surface area contributed by atoms with Crippen molar-refractivity contribution in [2.45, 2.75) is 59.0 Å². The second-order valence-electron chi connectivity index (χ2n) is 5.86. The molecule has 0 amide bonds. The fourth-order valence-electron chi connectivity index (χ4n) is 3.26. The Morgan fingerprint density at radius 1 is 1.10 bits per heavy atom. The van der Waals surface area contributed by atoms with Gasteiger partial charge in [0, 0.05) is 11.6 Å². The van der Waals surface area contributed by atoms with E-state index < -0.39 is 0 Å². The summed E-state index contributed by atoms with van der Waals surface area (Å²) in [5.74, 6) is 0.334. The van der Waals surface area contributed by atoms with E-state index in [0.717, 1.165) is 32.5 Å². The summed E-state index contributed by atoms with van der Waals surface area (Å²) < 4.78 is 0. The summed E-state index contributed by atoms with van der Waals surface area (Å²) >= 11 is 0. The SMILES string of the molecule is CCNC(Cc1ccc(O)cc1)C(C)(CC)N(CC)CC. The molecule has 1 aromatic carbocycles. The van der Waals surface area contributed by atoms with Crippen molar-refractivity contribution in [3.63, 3.8) is 0 Å². The molecule has 0 aliphatic heterocycles. The quantitative estimate of drug-likeness (QED) is 0.732. The average molecular weight is 292 g/mol. The van der Waals surface area contributed by atoms with Crippen molar-refractivity contribution >= 4 is 0 Å². The molecule has 2 N–H and O–H groups in total. The highest BCUT2D eigenvalue weighted by Gasteiger charge is 2.36. The molecule has 2 atom stereocenters. The van der Waals surface area contributed by atoms with Crippen LogP contribution in [0.5, 0.6) is 5.75 Å². The third kappa shape index (κ3) is 4.45. The Bertz CT molecular complexity index is 400. The maximum atomic E-state index is 9.44. The lowest BCUT2D eigenvalue weighted by molar-refractivity contribution is 0.0707. The maximum absolute atomic E-state index is 9.44. The van der Waals surface area contributed by atoms with Gasteiger partial charge in [0.15, 0.2) is 0 Å². The summed E-state index contributed by atoms with van der Waals surface area (Å²) in [6.07, 6.45) is 2.10. The van der Waals surface area contributed by atoms with Crippen LogP contribution in [-0.4, -0.2) is 41.2 Å². The van der Waals surface area contributed by atoms with Gasteiger partial charge in [-0.2, -0.15) is 0 Å². The number of hydrogen-bond acceptors (Lipinski definition) is 3. The van der Waals surface area contributed by atoms with Crippen LogP contribution < -0.4 is 5.32 Å². The molecule has 0 aromatic heterocycles. The zero-order chi connectivity index (χ0) is 15.9. The predicted molar refractivity (Wildman–Crippen MR) is 90.9 cm³/mol. The summed E-state index contributed by atoms with van der Waals surface area (Å²) in [6.45, 7) is 14.4. The molecule has 0 bridgehead atoms. The summed E-state index contributed by atoms with van der Waals surface area (Å²) in [5, 5.41) is 13.1. The van der Waals surface area contributed by atoms with Crippen LogP contribution in [0.25, 0.3) is 0 Å². The van der Waals surface area contributed by atoms with Crippen molar-refractivity contribution < 1.29 is 5.11 Å². The summed E-state index contributed by atoms with van der Waals surface area (Å²) in [5.41, 5.74) is 1.41. The van der Waals surface area contributed by atoms with Gasteiger partial charge in [0.2, 0.25) is 0 Å². The molecule has 3 heteroatoms.